The first-order chi connectivity index (χ1) is 20.8. The fourth-order valence-corrected chi connectivity index (χ4v) is 7.51. The van der Waals surface area contributed by atoms with Gasteiger partial charge in [-0.25, -0.2) is 18.4 Å². The average Bonchev–Trinajstić information content (AvgIpc) is 2.94. The van der Waals surface area contributed by atoms with E-state index in [0.717, 1.165) is 38.5 Å². The molecule has 0 spiro atoms. The molecule has 2 aliphatic rings. The van der Waals surface area contributed by atoms with Crippen LogP contribution in [0.4, 0.5) is 8.78 Å². The molecule has 0 heterocycles. The summed E-state index contributed by atoms with van der Waals surface area (Å²) >= 11 is 12.0. The number of hydrogen-bond donors (Lipinski definition) is 0. The maximum absolute atomic E-state index is 15.1. The minimum Gasteiger partial charge on any atom is -0.450 e. The Bertz CT molecular complexity index is 1230. The summed E-state index contributed by atoms with van der Waals surface area (Å²) in [7, 11) is 7.75. The second-order valence-corrected chi connectivity index (χ2v) is 14.0. The van der Waals surface area contributed by atoms with Gasteiger partial charge in [-0.15, -0.1) is 0 Å². The predicted molar refractivity (Wildman–Crippen MR) is 169 cm³/mol. The third kappa shape index (κ3) is 8.51. The van der Waals surface area contributed by atoms with Gasteiger partial charge in [-0.1, -0.05) is 48.2 Å². The molecule has 0 bridgehead atoms. The molecule has 4 atom stereocenters. The van der Waals surface area contributed by atoms with Crippen LogP contribution in [0, 0.1) is 23.5 Å². The first-order valence-electron chi connectivity index (χ1n) is 15.5. The maximum Gasteiger partial charge on any atom is 0.418 e. The summed E-state index contributed by atoms with van der Waals surface area (Å²) in [6.07, 6.45) is 6.13. The molecule has 44 heavy (non-hydrogen) atoms. The summed E-state index contributed by atoms with van der Waals surface area (Å²) < 4.78 is 42.5. The maximum atomic E-state index is 15.1. The molecule has 2 fully saturated rings. The van der Waals surface area contributed by atoms with Crippen LogP contribution < -0.4 is 0 Å². The number of halogens is 4. The number of hydrogen-bond acceptors (Lipinski definition) is 6. The van der Waals surface area contributed by atoms with Gasteiger partial charge < -0.3 is 19.3 Å². The lowest BCUT2D eigenvalue weighted by molar-refractivity contribution is -0.198. The van der Waals surface area contributed by atoms with E-state index >= 15 is 8.78 Å². The molecule has 2 saturated carbocycles. The van der Waals surface area contributed by atoms with Crippen LogP contribution in [0.1, 0.15) is 62.5 Å². The van der Waals surface area contributed by atoms with Crippen molar-refractivity contribution in [2.75, 3.05) is 41.3 Å². The van der Waals surface area contributed by atoms with E-state index in [9.17, 15) is 9.59 Å². The average molecular weight is 654 g/mol. The van der Waals surface area contributed by atoms with E-state index < -0.39 is 34.8 Å². The van der Waals surface area contributed by atoms with E-state index in [1.807, 2.05) is 38.0 Å². The van der Waals surface area contributed by atoms with Gasteiger partial charge >= 0.3 is 11.9 Å². The van der Waals surface area contributed by atoms with Crippen LogP contribution in [0.5, 0.6) is 0 Å². The Balaban J connectivity index is 1.66. The molecule has 4 unspecified atom stereocenters. The second kappa shape index (κ2) is 14.9. The van der Waals surface area contributed by atoms with Gasteiger partial charge in [-0.05, 0) is 102 Å². The summed E-state index contributed by atoms with van der Waals surface area (Å²) in [5.41, 5.74) is -1.49. The zero-order chi connectivity index (χ0) is 32.1. The number of nitrogens with zero attached hydrogens (tertiary/aromatic N) is 2. The summed E-state index contributed by atoms with van der Waals surface area (Å²) in [5.74, 6) is -3.44. The minimum atomic E-state index is -1.11. The highest BCUT2D eigenvalue weighted by Gasteiger charge is 2.49. The van der Waals surface area contributed by atoms with Crippen molar-refractivity contribution in [1.29, 1.82) is 0 Å². The van der Waals surface area contributed by atoms with Crippen LogP contribution in [0.3, 0.4) is 0 Å². The van der Waals surface area contributed by atoms with E-state index in [4.69, 9.17) is 32.7 Å². The van der Waals surface area contributed by atoms with E-state index in [1.165, 1.54) is 12.1 Å². The lowest BCUT2D eigenvalue weighted by Crippen LogP contribution is -2.54. The van der Waals surface area contributed by atoms with Crippen molar-refractivity contribution in [2.45, 2.75) is 75.4 Å². The lowest BCUT2D eigenvalue weighted by Gasteiger charge is -2.46. The van der Waals surface area contributed by atoms with E-state index in [2.05, 4.69) is 0 Å². The van der Waals surface area contributed by atoms with Crippen LogP contribution in [0.25, 0.3) is 0 Å². The van der Waals surface area contributed by atoms with Gasteiger partial charge in [0, 0.05) is 47.8 Å². The molecule has 0 radical (unpaired) electrons. The van der Waals surface area contributed by atoms with Gasteiger partial charge in [0.25, 0.3) is 0 Å². The Labute approximate surface area is 270 Å². The number of esters is 2. The normalized spacial score (nSPS) is 25.7. The number of benzene rings is 2. The van der Waals surface area contributed by atoms with E-state index in [0.29, 0.717) is 37.1 Å². The van der Waals surface area contributed by atoms with E-state index in [-0.39, 0.29) is 34.7 Å². The van der Waals surface area contributed by atoms with Crippen molar-refractivity contribution in [3.05, 3.63) is 69.2 Å². The molecule has 0 N–H and O–H groups in total. The molecule has 242 valence electrons. The largest absolute Gasteiger partial charge is 0.450 e. The summed E-state index contributed by atoms with van der Waals surface area (Å²) in [4.78, 5) is 31.5. The number of ether oxygens (including phenoxy) is 2. The van der Waals surface area contributed by atoms with Crippen LogP contribution in [-0.4, -0.2) is 74.2 Å². The Hall–Kier alpha value is -2.26. The number of rotatable bonds is 10. The van der Waals surface area contributed by atoms with Gasteiger partial charge in [-0.2, -0.15) is 0 Å². The summed E-state index contributed by atoms with van der Waals surface area (Å²) in [5, 5.41) is 0.549. The quantitative estimate of drug-likeness (QED) is 0.201. The molecule has 10 heteroatoms. The Morgan fingerprint density at radius 1 is 0.727 bits per heavy atom. The van der Waals surface area contributed by atoms with Crippen molar-refractivity contribution in [3.63, 3.8) is 0 Å². The van der Waals surface area contributed by atoms with Gasteiger partial charge in [0.15, 0.2) is 0 Å². The van der Waals surface area contributed by atoms with Crippen molar-refractivity contribution < 1.29 is 27.8 Å². The highest BCUT2D eigenvalue weighted by atomic mass is 35.5. The molecule has 0 aliphatic heterocycles. The van der Waals surface area contributed by atoms with Gasteiger partial charge in [-0.3, -0.25) is 0 Å². The summed E-state index contributed by atoms with van der Waals surface area (Å²) in [6.45, 7) is 1.20. The molecular weight excluding hydrogens is 609 g/mol. The highest BCUT2D eigenvalue weighted by Crippen LogP contribution is 2.43. The second-order valence-electron chi connectivity index (χ2n) is 13.1. The van der Waals surface area contributed by atoms with Crippen molar-refractivity contribution in [3.8, 4) is 0 Å². The zero-order valence-electron chi connectivity index (χ0n) is 26.1. The molecule has 0 amide bonds. The van der Waals surface area contributed by atoms with Gasteiger partial charge in [0.1, 0.15) is 22.8 Å². The van der Waals surface area contributed by atoms with Crippen LogP contribution >= 0.6 is 23.2 Å². The lowest BCUT2D eigenvalue weighted by atomic mass is 9.71. The summed E-state index contributed by atoms with van der Waals surface area (Å²) in [6, 6.07) is 8.94. The molecule has 6 nitrogen and oxygen atoms in total. The third-order valence-corrected chi connectivity index (χ3v) is 9.70. The minimum absolute atomic E-state index is 0.109. The first-order valence-corrected chi connectivity index (χ1v) is 16.2. The van der Waals surface area contributed by atoms with Gasteiger partial charge in [0.2, 0.25) is 0 Å². The van der Waals surface area contributed by atoms with Crippen LogP contribution in [0.15, 0.2) is 36.4 Å². The standard InChI is InChI=1S/C34H44Cl2F2N2O4/c1-39(2)21-25-9-5-7-15-33(25,19-23-11-13-27(35)17-29(23)37)43-31(41)32(42)44-34(16-8-6-10-26(34)22-40(3)4)20-24-12-14-28(36)18-30(24)38/h11-14,17-18,25-26H,5-10,15-16,19-22H2,1-4H3. The smallest absolute Gasteiger partial charge is 0.418 e. The third-order valence-electron chi connectivity index (χ3n) is 9.23. The fraction of sp³-hybridized carbons (Fsp3) is 0.588. The topological polar surface area (TPSA) is 59.1 Å². The van der Waals surface area contributed by atoms with Crippen molar-refractivity contribution in [1.82, 2.24) is 9.80 Å². The molecule has 0 saturated heterocycles. The molecule has 2 aliphatic carbocycles. The van der Waals surface area contributed by atoms with Gasteiger partial charge in [0.05, 0.1) is 0 Å². The Morgan fingerprint density at radius 2 is 1.11 bits per heavy atom. The number of carbonyl (C=O) groups excluding carboxylic acids is 2. The molecular formula is C34H44Cl2F2N2O4. The molecule has 2 aromatic rings. The van der Waals surface area contributed by atoms with Crippen molar-refractivity contribution in [2.24, 2.45) is 11.8 Å². The van der Waals surface area contributed by atoms with E-state index in [1.54, 1.807) is 24.3 Å². The Kier molecular flexibility index (Phi) is 11.7. The highest BCUT2D eigenvalue weighted by molar-refractivity contribution is 6.31. The van der Waals surface area contributed by atoms with Crippen molar-refractivity contribution >= 4 is 35.1 Å². The van der Waals surface area contributed by atoms with Crippen LogP contribution in [-0.2, 0) is 31.9 Å². The Morgan fingerprint density at radius 3 is 1.45 bits per heavy atom. The molecule has 0 aromatic heterocycles. The number of carbonyl (C=O) groups is 2. The molecule has 2 aromatic carbocycles. The fourth-order valence-electron chi connectivity index (χ4n) is 7.19. The van der Waals surface area contributed by atoms with Crippen LogP contribution in [0.2, 0.25) is 10.0 Å². The zero-order valence-corrected chi connectivity index (χ0v) is 27.7. The first kappa shape index (κ1) is 34.6. The monoisotopic (exact) mass is 652 g/mol. The molecule has 4 rings (SSSR count). The predicted octanol–water partition coefficient (Wildman–Crippen LogP) is 7.12. The SMILES string of the molecule is CN(C)CC1CCCCC1(Cc1ccc(Cl)cc1F)OC(=O)C(=O)OC1(Cc2ccc(Cl)cc2F)CCCCC1CN(C)C.